The lowest BCUT2D eigenvalue weighted by Gasteiger charge is -2.32. The van der Waals surface area contributed by atoms with Gasteiger partial charge < -0.3 is 15.2 Å². The maximum Gasteiger partial charge on any atom is 0.172 e. The Kier molecular flexibility index (Phi) is 5.69. The van der Waals surface area contributed by atoms with Gasteiger partial charge in [0.2, 0.25) is 0 Å². The second-order valence-corrected chi connectivity index (χ2v) is 6.28. The number of halogens is 1. The molecule has 0 amide bonds. The molecule has 112 valence electrons. The fourth-order valence-corrected chi connectivity index (χ4v) is 3.37. The molecule has 1 aliphatic heterocycles. The van der Waals surface area contributed by atoms with Crippen molar-refractivity contribution in [3.63, 3.8) is 0 Å². The molecule has 1 aromatic carbocycles. The lowest BCUT2D eigenvalue weighted by atomic mass is 9.97. The lowest BCUT2D eigenvalue weighted by molar-refractivity contribution is 0.166. The van der Waals surface area contributed by atoms with Crippen molar-refractivity contribution in [1.29, 1.82) is 0 Å². The third-order valence-corrected chi connectivity index (χ3v) is 4.41. The monoisotopic (exact) mass is 342 g/mol. The molecular formula is C15H23BrN2O2. The van der Waals surface area contributed by atoms with E-state index in [1.165, 1.54) is 12.8 Å². The number of benzene rings is 1. The van der Waals surface area contributed by atoms with Crippen LogP contribution in [0.1, 0.15) is 18.4 Å². The lowest BCUT2D eigenvalue weighted by Crippen LogP contribution is -2.38. The average molecular weight is 343 g/mol. The van der Waals surface area contributed by atoms with Gasteiger partial charge in [-0.2, -0.15) is 0 Å². The van der Waals surface area contributed by atoms with Crippen LogP contribution in [0.4, 0.5) is 0 Å². The summed E-state index contributed by atoms with van der Waals surface area (Å²) in [6, 6.07) is 3.89. The van der Waals surface area contributed by atoms with Gasteiger partial charge in [-0.1, -0.05) is 0 Å². The topological polar surface area (TPSA) is 44.7 Å². The molecule has 0 bridgehead atoms. The molecule has 1 atom stereocenters. The van der Waals surface area contributed by atoms with Crippen molar-refractivity contribution in [3.8, 4) is 11.5 Å². The van der Waals surface area contributed by atoms with E-state index in [1.807, 2.05) is 19.2 Å². The highest BCUT2D eigenvalue weighted by Crippen LogP contribution is 2.35. The maximum absolute atomic E-state index is 9.85. The van der Waals surface area contributed by atoms with E-state index in [0.29, 0.717) is 10.2 Å². The molecule has 1 unspecified atom stereocenters. The van der Waals surface area contributed by atoms with E-state index in [-0.39, 0.29) is 5.75 Å². The molecule has 4 nitrogen and oxygen atoms in total. The number of nitrogens with zero attached hydrogens (tertiary/aromatic N) is 1. The number of aromatic hydroxyl groups is 1. The normalized spacial score (nSPS) is 20.1. The highest BCUT2D eigenvalue weighted by atomic mass is 79.9. The summed E-state index contributed by atoms with van der Waals surface area (Å²) in [5, 5.41) is 13.1. The van der Waals surface area contributed by atoms with Crippen LogP contribution < -0.4 is 10.1 Å². The SMILES string of the molecule is CNCC1CCCN(Cc2cc(Br)c(O)c(OC)c2)C1. The summed E-state index contributed by atoms with van der Waals surface area (Å²) in [6.07, 6.45) is 2.56. The summed E-state index contributed by atoms with van der Waals surface area (Å²) >= 11 is 3.38. The predicted molar refractivity (Wildman–Crippen MR) is 84.3 cm³/mol. The summed E-state index contributed by atoms with van der Waals surface area (Å²) in [7, 11) is 3.59. The minimum atomic E-state index is 0.169. The van der Waals surface area contributed by atoms with Crippen LogP contribution in [0.5, 0.6) is 11.5 Å². The molecule has 1 aliphatic rings. The zero-order chi connectivity index (χ0) is 14.5. The summed E-state index contributed by atoms with van der Waals surface area (Å²) in [6.45, 7) is 4.25. The second kappa shape index (κ2) is 7.29. The van der Waals surface area contributed by atoms with E-state index in [2.05, 4.69) is 26.1 Å². The molecule has 0 aromatic heterocycles. The molecule has 5 heteroatoms. The molecule has 1 fully saturated rings. The largest absolute Gasteiger partial charge is 0.503 e. The van der Waals surface area contributed by atoms with Gasteiger partial charge >= 0.3 is 0 Å². The third-order valence-electron chi connectivity index (χ3n) is 3.81. The quantitative estimate of drug-likeness (QED) is 0.863. The molecule has 1 aromatic rings. The molecule has 0 spiro atoms. The van der Waals surface area contributed by atoms with Crippen LogP contribution in [0.2, 0.25) is 0 Å². The molecule has 1 saturated heterocycles. The zero-order valence-corrected chi connectivity index (χ0v) is 13.7. The van der Waals surface area contributed by atoms with Gasteiger partial charge in [0.05, 0.1) is 11.6 Å². The molecule has 0 aliphatic carbocycles. The van der Waals surface area contributed by atoms with Gasteiger partial charge in [-0.3, -0.25) is 4.90 Å². The van der Waals surface area contributed by atoms with Crippen LogP contribution in [0.15, 0.2) is 16.6 Å². The van der Waals surface area contributed by atoms with Crippen molar-refractivity contribution in [3.05, 3.63) is 22.2 Å². The number of hydrogen-bond acceptors (Lipinski definition) is 4. The predicted octanol–water partition coefficient (Wildman–Crippen LogP) is 2.59. The van der Waals surface area contributed by atoms with Crippen molar-refractivity contribution >= 4 is 15.9 Å². The first-order valence-electron chi connectivity index (χ1n) is 7.06. The van der Waals surface area contributed by atoms with Crippen LogP contribution in [-0.4, -0.2) is 43.8 Å². The molecular weight excluding hydrogens is 320 g/mol. The average Bonchev–Trinajstić information content (AvgIpc) is 2.43. The number of likely N-dealkylation sites (tertiary alicyclic amines) is 1. The van der Waals surface area contributed by atoms with Gasteiger partial charge in [0.15, 0.2) is 11.5 Å². The fraction of sp³-hybridized carbons (Fsp3) is 0.600. The number of phenols is 1. The minimum absolute atomic E-state index is 0.169. The Balaban J connectivity index is 2.04. The Morgan fingerprint density at radius 3 is 3.00 bits per heavy atom. The van der Waals surface area contributed by atoms with Crippen LogP contribution in [0.3, 0.4) is 0 Å². The van der Waals surface area contributed by atoms with Gasteiger partial charge in [0.1, 0.15) is 0 Å². The maximum atomic E-state index is 9.85. The Morgan fingerprint density at radius 2 is 2.30 bits per heavy atom. The molecule has 0 radical (unpaired) electrons. The van der Waals surface area contributed by atoms with Gasteiger partial charge in [-0.05, 0) is 72.5 Å². The molecule has 20 heavy (non-hydrogen) atoms. The fourth-order valence-electron chi connectivity index (χ4n) is 2.88. The minimum Gasteiger partial charge on any atom is -0.503 e. The van der Waals surface area contributed by atoms with Gasteiger partial charge in [-0.25, -0.2) is 0 Å². The summed E-state index contributed by atoms with van der Waals surface area (Å²) < 4.78 is 5.90. The summed E-state index contributed by atoms with van der Waals surface area (Å²) in [5.41, 5.74) is 1.16. The van der Waals surface area contributed by atoms with E-state index >= 15 is 0 Å². The molecule has 2 N–H and O–H groups in total. The number of phenolic OH excluding ortho intramolecular Hbond substituents is 1. The Hall–Kier alpha value is -0.780. The van der Waals surface area contributed by atoms with E-state index in [9.17, 15) is 5.11 Å². The van der Waals surface area contributed by atoms with E-state index in [1.54, 1.807) is 7.11 Å². The van der Waals surface area contributed by atoms with Crippen molar-refractivity contribution in [2.75, 3.05) is 33.8 Å². The molecule has 0 saturated carbocycles. The Bertz CT molecular complexity index is 452. The summed E-state index contributed by atoms with van der Waals surface area (Å²) in [5.74, 6) is 1.43. The standard InChI is InChI=1S/C15H23BrN2O2/c1-17-8-11-4-3-5-18(9-11)10-12-6-13(16)15(19)14(7-12)20-2/h6-7,11,17,19H,3-5,8-10H2,1-2H3. The van der Waals surface area contributed by atoms with Crippen molar-refractivity contribution in [2.24, 2.45) is 5.92 Å². The summed E-state index contributed by atoms with van der Waals surface area (Å²) in [4.78, 5) is 2.48. The first-order valence-corrected chi connectivity index (χ1v) is 7.85. The molecule has 1 heterocycles. The van der Waals surface area contributed by atoms with Crippen molar-refractivity contribution in [1.82, 2.24) is 10.2 Å². The van der Waals surface area contributed by atoms with Crippen LogP contribution >= 0.6 is 15.9 Å². The van der Waals surface area contributed by atoms with Crippen LogP contribution in [0, 0.1) is 5.92 Å². The number of methoxy groups -OCH3 is 1. The number of hydrogen-bond donors (Lipinski definition) is 2. The van der Waals surface area contributed by atoms with Gasteiger partial charge in [0.25, 0.3) is 0 Å². The molecule has 2 rings (SSSR count). The van der Waals surface area contributed by atoms with E-state index in [0.717, 1.165) is 37.7 Å². The van der Waals surface area contributed by atoms with Crippen molar-refractivity contribution < 1.29 is 9.84 Å². The highest BCUT2D eigenvalue weighted by Gasteiger charge is 2.20. The van der Waals surface area contributed by atoms with E-state index in [4.69, 9.17) is 4.74 Å². The highest BCUT2D eigenvalue weighted by molar-refractivity contribution is 9.10. The number of rotatable bonds is 5. The number of ether oxygens (including phenoxy) is 1. The van der Waals surface area contributed by atoms with Crippen molar-refractivity contribution in [2.45, 2.75) is 19.4 Å². The van der Waals surface area contributed by atoms with Gasteiger partial charge in [-0.15, -0.1) is 0 Å². The Labute approximate surface area is 129 Å². The number of piperidine rings is 1. The second-order valence-electron chi connectivity index (χ2n) is 5.43. The Morgan fingerprint density at radius 1 is 1.50 bits per heavy atom. The third kappa shape index (κ3) is 3.87. The van der Waals surface area contributed by atoms with Crippen LogP contribution in [0.25, 0.3) is 0 Å². The first kappa shape index (κ1) is 15.6. The van der Waals surface area contributed by atoms with Gasteiger partial charge in [0, 0.05) is 13.1 Å². The van der Waals surface area contributed by atoms with Crippen LogP contribution in [-0.2, 0) is 6.54 Å². The number of nitrogens with one attached hydrogen (secondary N) is 1. The first-order chi connectivity index (χ1) is 9.63. The smallest absolute Gasteiger partial charge is 0.172 e. The van der Waals surface area contributed by atoms with E-state index < -0.39 is 0 Å². The zero-order valence-electron chi connectivity index (χ0n) is 12.2.